The number of anilines is 1. The lowest BCUT2D eigenvalue weighted by Crippen LogP contribution is -2.46. The number of nitrogens with zero attached hydrogens (tertiary/aromatic N) is 6. The predicted octanol–water partition coefficient (Wildman–Crippen LogP) is 3.84. The first-order chi connectivity index (χ1) is 18.8. The van der Waals surface area contributed by atoms with Crippen LogP contribution in [0.1, 0.15) is 45.2 Å². The number of methoxy groups -OCH3 is 2. The SMILES string of the molecule is CCC(C)n1c(=O)n(C2CCN(c3ncnc4cc(OC)c(OC)cc34)CC2)c(=O)c2cc([N+](=O)[O-])ccc21. The molecule has 1 aliphatic heterocycles. The number of ether oxygens (including phenoxy) is 2. The second-order valence-corrected chi connectivity index (χ2v) is 9.68. The topological polar surface area (TPSA) is 135 Å². The summed E-state index contributed by atoms with van der Waals surface area (Å²) in [5, 5.41) is 12.4. The van der Waals surface area contributed by atoms with Crippen molar-refractivity contribution in [2.24, 2.45) is 0 Å². The van der Waals surface area contributed by atoms with E-state index in [1.54, 1.807) is 24.9 Å². The maximum atomic E-state index is 13.7. The first kappa shape index (κ1) is 26.1. The summed E-state index contributed by atoms with van der Waals surface area (Å²) in [6.07, 6.45) is 3.21. The van der Waals surface area contributed by atoms with Gasteiger partial charge in [0.05, 0.1) is 35.6 Å². The molecule has 1 atom stereocenters. The Morgan fingerprint density at radius 3 is 2.38 bits per heavy atom. The van der Waals surface area contributed by atoms with Gasteiger partial charge in [0.1, 0.15) is 12.1 Å². The molecule has 12 heteroatoms. The standard InChI is InChI=1S/C27H30N6O6/c1-5-16(2)31-22-7-6-18(33(36)37)12-20(22)26(34)32(27(31)35)17-8-10-30(11-9-17)25-19-13-23(38-3)24(39-4)14-21(19)28-15-29-25/h6-7,12-17H,5,8-11H2,1-4H3. The average Bonchev–Trinajstić information content (AvgIpc) is 2.96. The van der Waals surface area contributed by atoms with Gasteiger partial charge in [0.25, 0.3) is 11.2 Å². The molecule has 0 aliphatic carbocycles. The smallest absolute Gasteiger partial charge is 0.331 e. The van der Waals surface area contributed by atoms with Crippen molar-refractivity contribution in [3.63, 3.8) is 0 Å². The van der Waals surface area contributed by atoms with E-state index in [-0.39, 0.29) is 23.2 Å². The fourth-order valence-electron chi connectivity index (χ4n) is 5.34. The zero-order valence-corrected chi connectivity index (χ0v) is 22.3. The fourth-order valence-corrected chi connectivity index (χ4v) is 5.34. The van der Waals surface area contributed by atoms with E-state index in [4.69, 9.17) is 9.47 Å². The van der Waals surface area contributed by atoms with Crippen molar-refractivity contribution in [2.45, 2.75) is 45.2 Å². The molecular formula is C27H30N6O6. The van der Waals surface area contributed by atoms with Crippen molar-refractivity contribution in [1.29, 1.82) is 0 Å². The zero-order valence-electron chi connectivity index (χ0n) is 22.3. The number of nitro groups is 1. The van der Waals surface area contributed by atoms with E-state index in [0.29, 0.717) is 54.9 Å². The number of non-ortho nitro benzene ring substituents is 1. The van der Waals surface area contributed by atoms with Crippen molar-refractivity contribution in [1.82, 2.24) is 19.1 Å². The average molecular weight is 535 g/mol. The molecule has 1 unspecified atom stereocenters. The van der Waals surface area contributed by atoms with Gasteiger partial charge in [-0.05, 0) is 38.3 Å². The monoisotopic (exact) mass is 534 g/mol. The van der Waals surface area contributed by atoms with E-state index in [0.717, 1.165) is 11.2 Å². The maximum Gasteiger partial charge on any atom is 0.331 e. The van der Waals surface area contributed by atoms with Crippen molar-refractivity contribution in [3.05, 3.63) is 67.6 Å². The van der Waals surface area contributed by atoms with Gasteiger partial charge in [-0.3, -0.25) is 24.0 Å². The third-order valence-corrected chi connectivity index (χ3v) is 7.59. The minimum absolute atomic E-state index is 0.175. The summed E-state index contributed by atoms with van der Waals surface area (Å²) in [6.45, 7) is 4.96. The van der Waals surface area contributed by atoms with E-state index in [2.05, 4.69) is 14.9 Å². The summed E-state index contributed by atoms with van der Waals surface area (Å²) < 4.78 is 13.8. The van der Waals surface area contributed by atoms with Gasteiger partial charge in [0.2, 0.25) is 0 Å². The van der Waals surface area contributed by atoms with Gasteiger partial charge in [-0.2, -0.15) is 0 Å². The van der Waals surface area contributed by atoms with Crippen LogP contribution in [-0.2, 0) is 0 Å². The van der Waals surface area contributed by atoms with Gasteiger partial charge in [0, 0.05) is 48.8 Å². The lowest BCUT2D eigenvalue weighted by molar-refractivity contribution is -0.384. The summed E-state index contributed by atoms with van der Waals surface area (Å²) in [4.78, 5) is 49.2. The van der Waals surface area contributed by atoms with E-state index in [1.807, 2.05) is 19.9 Å². The van der Waals surface area contributed by atoms with Crippen LogP contribution >= 0.6 is 0 Å². The normalized spacial score (nSPS) is 15.0. The van der Waals surface area contributed by atoms with Gasteiger partial charge < -0.3 is 14.4 Å². The largest absolute Gasteiger partial charge is 0.493 e. The maximum absolute atomic E-state index is 13.7. The van der Waals surface area contributed by atoms with E-state index >= 15 is 0 Å². The molecule has 0 N–H and O–H groups in total. The molecule has 3 heterocycles. The Morgan fingerprint density at radius 2 is 1.74 bits per heavy atom. The van der Waals surface area contributed by atoms with Gasteiger partial charge in [0.15, 0.2) is 11.5 Å². The van der Waals surface area contributed by atoms with Crippen LogP contribution in [0.3, 0.4) is 0 Å². The van der Waals surface area contributed by atoms with Gasteiger partial charge >= 0.3 is 5.69 Å². The minimum atomic E-state index is -0.531. The van der Waals surface area contributed by atoms with Crippen LogP contribution in [0.4, 0.5) is 11.5 Å². The Balaban J connectivity index is 1.53. The molecule has 0 saturated carbocycles. The molecule has 204 valence electrons. The molecule has 2 aromatic carbocycles. The molecule has 39 heavy (non-hydrogen) atoms. The molecule has 0 amide bonds. The molecule has 1 saturated heterocycles. The zero-order chi connectivity index (χ0) is 27.8. The van der Waals surface area contributed by atoms with Crippen molar-refractivity contribution < 1.29 is 14.4 Å². The van der Waals surface area contributed by atoms with E-state index < -0.39 is 16.2 Å². The molecular weight excluding hydrogens is 504 g/mol. The number of hydrogen-bond acceptors (Lipinski definition) is 9. The summed E-state index contributed by atoms with van der Waals surface area (Å²) in [6, 6.07) is 7.21. The number of nitro benzene ring substituents is 1. The van der Waals surface area contributed by atoms with Crippen LogP contribution in [0.15, 0.2) is 46.2 Å². The molecule has 1 aliphatic rings. The molecule has 0 radical (unpaired) electrons. The Morgan fingerprint density at radius 1 is 1.05 bits per heavy atom. The molecule has 0 bridgehead atoms. The predicted molar refractivity (Wildman–Crippen MR) is 147 cm³/mol. The number of aromatic nitrogens is 4. The third kappa shape index (κ3) is 4.45. The molecule has 2 aromatic heterocycles. The Bertz CT molecular complexity index is 1690. The second kappa shape index (κ2) is 10.4. The number of hydrogen-bond donors (Lipinski definition) is 0. The van der Waals surface area contributed by atoms with Gasteiger partial charge in [-0.1, -0.05) is 6.92 Å². The third-order valence-electron chi connectivity index (χ3n) is 7.59. The number of benzene rings is 2. The highest BCUT2D eigenvalue weighted by Gasteiger charge is 2.28. The molecule has 12 nitrogen and oxygen atoms in total. The summed E-state index contributed by atoms with van der Waals surface area (Å²) in [5.41, 5.74) is 0.0523. The van der Waals surface area contributed by atoms with Crippen LogP contribution in [0.5, 0.6) is 11.5 Å². The first-order valence-electron chi connectivity index (χ1n) is 12.9. The quantitative estimate of drug-likeness (QED) is 0.256. The van der Waals surface area contributed by atoms with Crippen molar-refractivity contribution in [2.75, 3.05) is 32.2 Å². The van der Waals surface area contributed by atoms with E-state index in [9.17, 15) is 19.7 Å². The van der Waals surface area contributed by atoms with Gasteiger partial charge in [-0.15, -0.1) is 0 Å². The van der Waals surface area contributed by atoms with E-state index in [1.165, 1.54) is 29.1 Å². The van der Waals surface area contributed by atoms with Crippen LogP contribution < -0.4 is 25.6 Å². The fraction of sp³-hybridized carbons (Fsp3) is 0.407. The van der Waals surface area contributed by atoms with Gasteiger partial charge in [-0.25, -0.2) is 14.8 Å². The molecule has 4 aromatic rings. The molecule has 5 rings (SSSR count). The summed E-state index contributed by atoms with van der Waals surface area (Å²) in [5.74, 6) is 1.87. The Labute approximate surface area is 223 Å². The summed E-state index contributed by atoms with van der Waals surface area (Å²) >= 11 is 0. The molecule has 1 fully saturated rings. The highest BCUT2D eigenvalue weighted by molar-refractivity contribution is 5.92. The van der Waals surface area contributed by atoms with Crippen molar-refractivity contribution >= 4 is 33.3 Å². The molecule has 0 spiro atoms. The van der Waals surface area contributed by atoms with Crippen LogP contribution in [0.2, 0.25) is 0 Å². The second-order valence-electron chi connectivity index (χ2n) is 9.68. The first-order valence-corrected chi connectivity index (χ1v) is 12.9. The highest BCUT2D eigenvalue weighted by Crippen LogP contribution is 2.36. The minimum Gasteiger partial charge on any atom is -0.493 e. The Hall–Kier alpha value is -4.48. The number of fused-ring (bicyclic) bond motifs is 2. The Kier molecular flexibility index (Phi) is 6.94. The van der Waals surface area contributed by atoms with Crippen LogP contribution in [0, 0.1) is 10.1 Å². The number of rotatable bonds is 7. The number of piperidine rings is 1. The lowest BCUT2D eigenvalue weighted by atomic mass is 10.0. The van der Waals surface area contributed by atoms with Crippen LogP contribution in [0.25, 0.3) is 21.8 Å². The van der Waals surface area contributed by atoms with Crippen LogP contribution in [-0.4, -0.2) is 51.3 Å². The highest BCUT2D eigenvalue weighted by atomic mass is 16.6. The van der Waals surface area contributed by atoms with Crippen molar-refractivity contribution in [3.8, 4) is 11.5 Å². The lowest BCUT2D eigenvalue weighted by Gasteiger charge is -2.34. The summed E-state index contributed by atoms with van der Waals surface area (Å²) in [7, 11) is 3.14.